The number of carbonyl (C=O) groups is 6. The third-order valence-corrected chi connectivity index (χ3v) is 5.86. The Morgan fingerprint density at radius 3 is 1.66 bits per heavy atom. The van der Waals surface area contributed by atoms with Crippen molar-refractivity contribution in [3.8, 4) is 0 Å². The summed E-state index contributed by atoms with van der Waals surface area (Å²) in [4.78, 5) is 70.6. The maximum atomic E-state index is 12.1. The Labute approximate surface area is 235 Å². The number of rotatable bonds is 10. The van der Waals surface area contributed by atoms with E-state index in [4.69, 9.17) is 33.2 Å². The number of hydrogen-bond donors (Lipinski definition) is 4. The van der Waals surface area contributed by atoms with Crippen LogP contribution in [0.3, 0.4) is 0 Å². The summed E-state index contributed by atoms with van der Waals surface area (Å²) in [6.07, 6.45) is -11.6. The summed E-state index contributed by atoms with van der Waals surface area (Å²) < 4.78 is 37.9. The fourth-order valence-electron chi connectivity index (χ4n) is 4.41. The van der Waals surface area contributed by atoms with Crippen LogP contribution < -0.4 is 10.6 Å². The van der Waals surface area contributed by atoms with Crippen LogP contribution in [0, 0.1) is 0 Å². The molecule has 4 N–H and O–H groups in total. The molecule has 2 heterocycles. The molecule has 0 aromatic rings. The summed E-state index contributed by atoms with van der Waals surface area (Å²) in [5.74, 6) is -4.31. The highest BCUT2D eigenvalue weighted by molar-refractivity contribution is 5.74. The number of aliphatic hydroxyl groups is 2. The zero-order chi connectivity index (χ0) is 31.0. The van der Waals surface area contributed by atoms with E-state index in [1.807, 2.05) is 0 Å². The van der Waals surface area contributed by atoms with Gasteiger partial charge in [0.25, 0.3) is 0 Å². The van der Waals surface area contributed by atoms with E-state index >= 15 is 0 Å². The Balaban J connectivity index is 2.37. The Kier molecular flexibility index (Phi) is 12.4. The molecule has 2 aliphatic rings. The molecule has 2 aliphatic heterocycles. The Morgan fingerprint density at radius 1 is 0.634 bits per heavy atom. The molecule has 10 unspecified atom stereocenters. The minimum Gasteiger partial charge on any atom is -0.463 e. The van der Waals surface area contributed by atoms with Crippen molar-refractivity contribution in [2.75, 3.05) is 13.2 Å². The first kappa shape index (κ1) is 33.8. The second-order valence-electron chi connectivity index (χ2n) is 9.41. The number of nitrogens with one attached hydrogen (secondary N) is 2. The van der Waals surface area contributed by atoms with E-state index in [0.717, 1.165) is 41.5 Å². The predicted molar refractivity (Wildman–Crippen MR) is 130 cm³/mol. The fourth-order valence-corrected chi connectivity index (χ4v) is 4.41. The Hall–Kier alpha value is -3.38. The molecule has 2 fully saturated rings. The van der Waals surface area contributed by atoms with Gasteiger partial charge in [0.15, 0.2) is 30.9 Å². The van der Waals surface area contributed by atoms with Gasteiger partial charge in [-0.1, -0.05) is 0 Å². The molecule has 2 saturated heterocycles. The smallest absolute Gasteiger partial charge is 0.303 e. The van der Waals surface area contributed by atoms with Gasteiger partial charge in [0.1, 0.15) is 37.0 Å². The van der Waals surface area contributed by atoms with Gasteiger partial charge in [-0.05, 0) is 0 Å². The molecule has 0 aromatic carbocycles. The van der Waals surface area contributed by atoms with E-state index in [1.54, 1.807) is 0 Å². The molecule has 0 saturated carbocycles. The zero-order valence-corrected chi connectivity index (χ0v) is 23.4. The van der Waals surface area contributed by atoms with Crippen molar-refractivity contribution in [2.24, 2.45) is 0 Å². The molecule has 2 amide bonds. The topological polar surface area (TPSA) is 232 Å². The third-order valence-electron chi connectivity index (χ3n) is 5.86. The van der Waals surface area contributed by atoms with Gasteiger partial charge in [-0.15, -0.1) is 0 Å². The molecule has 0 spiro atoms. The monoisotopic (exact) mass is 592 g/mol. The molecule has 2 rings (SSSR count). The number of esters is 4. The second-order valence-corrected chi connectivity index (χ2v) is 9.41. The first-order chi connectivity index (χ1) is 19.1. The van der Waals surface area contributed by atoms with Crippen molar-refractivity contribution in [3.05, 3.63) is 0 Å². The van der Waals surface area contributed by atoms with Gasteiger partial charge in [0, 0.05) is 41.5 Å². The molecule has 17 heteroatoms. The van der Waals surface area contributed by atoms with Crippen LogP contribution in [0.15, 0.2) is 0 Å². The van der Waals surface area contributed by atoms with Crippen LogP contribution in [0.2, 0.25) is 0 Å². The molecule has 0 aromatic heterocycles. The van der Waals surface area contributed by atoms with E-state index in [2.05, 4.69) is 10.6 Å². The van der Waals surface area contributed by atoms with Gasteiger partial charge in [0.2, 0.25) is 11.8 Å². The van der Waals surface area contributed by atoms with Crippen LogP contribution in [-0.2, 0) is 61.9 Å². The number of carbonyl (C=O) groups excluding carboxylic acids is 6. The lowest BCUT2D eigenvalue weighted by Gasteiger charge is -2.46. The highest BCUT2D eigenvalue weighted by atomic mass is 16.7. The summed E-state index contributed by atoms with van der Waals surface area (Å²) in [7, 11) is 0. The van der Waals surface area contributed by atoms with Crippen molar-refractivity contribution >= 4 is 35.7 Å². The minimum absolute atomic E-state index is 0.466. The summed E-state index contributed by atoms with van der Waals surface area (Å²) in [5.41, 5.74) is 0. The first-order valence-electron chi connectivity index (χ1n) is 12.6. The lowest BCUT2D eigenvalue weighted by Crippen LogP contribution is -2.68. The SMILES string of the molecule is CC(=O)NC1C(O)OC(COC2OC(COC(C)=O)C(OC(C)=O)C(OC(C)=O)C2NC(C)=O)C(O)C1OC(C)=O. The molecule has 0 bridgehead atoms. The molecule has 232 valence electrons. The maximum absolute atomic E-state index is 12.1. The number of hydrogen-bond acceptors (Lipinski definition) is 15. The van der Waals surface area contributed by atoms with Crippen molar-refractivity contribution in [1.29, 1.82) is 0 Å². The van der Waals surface area contributed by atoms with Crippen LogP contribution in [0.5, 0.6) is 0 Å². The van der Waals surface area contributed by atoms with Gasteiger partial charge in [0.05, 0.1) is 6.61 Å². The van der Waals surface area contributed by atoms with Gasteiger partial charge < -0.3 is 54.0 Å². The van der Waals surface area contributed by atoms with Crippen LogP contribution in [0.1, 0.15) is 41.5 Å². The summed E-state index contributed by atoms with van der Waals surface area (Å²) in [6.45, 7) is 5.64. The Morgan fingerprint density at radius 2 is 1.15 bits per heavy atom. The average Bonchev–Trinajstić information content (AvgIpc) is 2.83. The van der Waals surface area contributed by atoms with Crippen molar-refractivity contribution in [2.45, 2.75) is 103 Å². The standard InChI is InChI=1S/C24H36N2O15/c1-9(27)25-17-21(38-13(5)31)19(33)15(40-23(17)34)7-36-24-18(26-10(2)28)22(39-14(6)32)20(37-12(4)30)16(41-24)8-35-11(3)29/h15-24,33-34H,7-8H2,1-6H3,(H,25,27)(H,26,28). The van der Waals surface area contributed by atoms with Crippen LogP contribution in [0.4, 0.5) is 0 Å². The van der Waals surface area contributed by atoms with Crippen LogP contribution in [-0.4, -0.2) is 120 Å². The molecular formula is C24H36N2O15. The van der Waals surface area contributed by atoms with Crippen LogP contribution in [0.25, 0.3) is 0 Å². The summed E-state index contributed by atoms with van der Waals surface area (Å²) >= 11 is 0. The van der Waals surface area contributed by atoms with Crippen molar-refractivity contribution < 1.29 is 72.1 Å². The molecule has 0 radical (unpaired) electrons. The highest BCUT2D eigenvalue weighted by Crippen LogP contribution is 2.29. The minimum atomic E-state index is -1.74. The maximum Gasteiger partial charge on any atom is 0.303 e. The molecule has 10 atom stereocenters. The van der Waals surface area contributed by atoms with Crippen molar-refractivity contribution in [1.82, 2.24) is 10.6 Å². The van der Waals surface area contributed by atoms with E-state index in [1.165, 1.54) is 0 Å². The number of amides is 2. The van der Waals surface area contributed by atoms with E-state index in [0.29, 0.717) is 0 Å². The molecular weight excluding hydrogens is 556 g/mol. The number of aliphatic hydroxyl groups excluding tert-OH is 2. The fraction of sp³-hybridized carbons (Fsp3) is 0.750. The summed E-state index contributed by atoms with van der Waals surface area (Å²) in [5, 5.41) is 26.2. The van der Waals surface area contributed by atoms with Gasteiger partial charge >= 0.3 is 23.9 Å². The quantitative estimate of drug-likeness (QED) is 0.148. The lowest BCUT2D eigenvalue weighted by atomic mass is 9.95. The van der Waals surface area contributed by atoms with Gasteiger partial charge in [-0.3, -0.25) is 28.8 Å². The van der Waals surface area contributed by atoms with Gasteiger partial charge in [-0.2, -0.15) is 0 Å². The molecule has 41 heavy (non-hydrogen) atoms. The second kappa shape index (κ2) is 15.0. The van der Waals surface area contributed by atoms with E-state index in [-0.39, 0.29) is 0 Å². The zero-order valence-electron chi connectivity index (χ0n) is 23.4. The summed E-state index contributed by atoms with van der Waals surface area (Å²) in [6, 6.07) is -2.61. The van der Waals surface area contributed by atoms with Crippen molar-refractivity contribution in [3.63, 3.8) is 0 Å². The third kappa shape index (κ3) is 9.89. The van der Waals surface area contributed by atoms with Gasteiger partial charge in [-0.25, -0.2) is 0 Å². The molecule has 0 aliphatic carbocycles. The van der Waals surface area contributed by atoms with E-state index < -0.39 is 110 Å². The normalized spacial score (nSPS) is 33.1. The molecule has 17 nitrogen and oxygen atoms in total. The lowest BCUT2D eigenvalue weighted by molar-refractivity contribution is -0.301. The predicted octanol–water partition coefficient (Wildman–Crippen LogP) is -2.83. The average molecular weight is 593 g/mol. The van der Waals surface area contributed by atoms with Crippen LogP contribution >= 0.6 is 0 Å². The Bertz CT molecular complexity index is 990. The first-order valence-corrected chi connectivity index (χ1v) is 12.6. The number of ether oxygens (including phenoxy) is 7. The highest BCUT2D eigenvalue weighted by Gasteiger charge is 2.52. The van der Waals surface area contributed by atoms with E-state index in [9.17, 15) is 39.0 Å². The largest absolute Gasteiger partial charge is 0.463 e.